The molecule has 0 rings (SSSR count). The largest absolute Gasteiger partial charge is 0.413 e. The molecule has 0 aromatic rings. The lowest BCUT2D eigenvalue weighted by molar-refractivity contribution is -0.181. The first-order valence-electron chi connectivity index (χ1n) is 2.65. The van der Waals surface area contributed by atoms with Crippen LogP contribution in [0.4, 0.5) is 13.2 Å². The van der Waals surface area contributed by atoms with Crippen LogP contribution in [0.25, 0.3) is 0 Å². The van der Waals surface area contributed by atoms with Crippen molar-refractivity contribution in [1.29, 1.82) is 0 Å². The summed E-state index contributed by atoms with van der Waals surface area (Å²) >= 11 is 0. The van der Waals surface area contributed by atoms with E-state index >= 15 is 0 Å². The Labute approximate surface area is 67.0 Å². The summed E-state index contributed by atoms with van der Waals surface area (Å²) < 4.78 is 56.5. The van der Waals surface area contributed by atoms with Gasteiger partial charge in [0.15, 0.2) is 6.61 Å². The van der Waals surface area contributed by atoms with Gasteiger partial charge in [0.05, 0.1) is 0 Å². The van der Waals surface area contributed by atoms with Crippen LogP contribution < -0.4 is 9.61 Å². The van der Waals surface area contributed by atoms with Crippen LogP contribution in [0.3, 0.4) is 0 Å². The van der Waals surface area contributed by atoms with Crippen molar-refractivity contribution in [3.8, 4) is 0 Å². The molecule has 0 spiro atoms. The molecule has 0 aromatic carbocycles. The van der Waals surface area contributed by atoms with Gasteiger partial charge in [-0.05, 0) is 0 Å². The third-order valence-corrected chi connectivity index (χ3v) is 1.55. The summed E-state index contributed by atoms with van der Waals surface area (Å²) in [5.74, 6) is 0. The molecule has 0 aliphatic rings. The van der Waals surface area contributed by atoms with Crippen molar-refractivity contribution in [2.75, 3.05) is 13.7 Å². The topological polar surface area (TPSA) is 67.4 Å². The zero-order valence-electron chi connectivity index (χ0n) is 5.97. The van der Waals surface area contributed by atoms with Crippen molar-refractivity contribution in [1.82, 2.24) is 9.61 Å². The second kappa shape index (κ2) is 4.03. The van der Waals surface area contributed by atoms with Crippen LogP contribution in [-0.4, -0.2) is 28.2 Å². The van der Waals surface area contributed by atoms with Gasteiger partial charge in [0, 0.05) is 7.05 Å². The van der Waals surface area contributed by atoms with Crippen LogP contribution in [0.15, 0.2) is 0 Å². The zero-order chi connectivity index (χ0) is 9.83. The minimum Gasteiger partial charge on any atom is -0.276 e. The molecule has 0 atom stereocenters. The van der Waals surface area contributed by atoms with Crippen molar-refractivity contribution in [3.63, 3.8) is 0 Å². The zero-order valence-corrected chi connectivity index (χ0v) is 6.79. The molecular formula is C3H7F3N2O3S. The molecule has 0 fully saturated rings. The standard InChI is InChI=1S/C3H7F3N2O3S/c1-7-12(9,10)8-11-2-3(4,5)6/h7-8H,2H2,1H3. The minimum absolute atomic E-state index is 1.03. The van der Waals surface area contributed by atoms with Crippen molar-refractivity contribution in [2.24, 2.45) is 0 Å². The fourth-order valence-electron chi connectivity index (χ4n) is 0.231. The van der Waals surface area contributed by atoms with Gasteiger partial charge in [-0.2, -0.15) is 21.6 Å². The van der Waals surface area contributed by atoms with Gasteiger partial charge in [0.1, 0.15) is 0 Å². The predicted octanol–water partition coefficient (Wildman–Crippen LogP) is -0.466. The third-order valence-electron chi connectivity index (χ3n) is 0.673. The highest BCUT2D eigenvalue weighted by atomic mass is 32.2. The lowest BCUT2D eigenvalue weighted by Crippen LogP contribution is -2.36. The highest BCUT2D eigenvalue weighted by molar-refractivity contribution is 7.87. The molecule has 0 aliphatic carbocycles. The highest BCUT2D eigenvalue weighted by Gasteiger charge is 2.28. The van der Waals surface area contributed by atoms with E-state index in [-0.39, 0.29) is 0 Å². The maximum absolute atomic E-state index is 11.4. The van der Waals surface area contributed by atoms with Crippen LogP contribution in [0.5, 0.6) is 0 Å². The molecule has 0 amide bonds. The smallest absolute Gasteiger partial charge is 0.276 e. The molecule has 74 valence electrons. The molecule has 0 heterocycles. The summed E-state index contributed by atoms with van der Waals surface area (Å²) in [7, 11) is -2.94. The molecule has 12 heavy (non-hydrogen) atoms. The van der Waals surface area contributed by atoms with Gasteiger partial charge in [-0.25, -0.2) is 4.72 Å². The molecule has 9 heteroatoms. The van der Waals surface area contributed by atoms with Crippen molar-refractivity contribution < 1.29 is 26.4 Å². The monoisotopic (exact) mass is 208 g/mol. The van der Waals surface area contributed by atoms with Gasteiger partial charge in [-0.3, -0.25) is 4.84 Å². The van der Waals surface area contributed by atoms with E-state index in [1.807, 2.05) is 0 Å². The number of rotatable bonds is 4. The lowest BCUT2D eigenvalue weighted by Gasteiger charge is -2.07. The minimum atomic E-state index is -4.56. The molecule has 0 unspecified atom stereocenters. The van der Waals surface area contributed by atoms with Crippen molar-refractivity contribution in [2.45, 2.75) is 6.18 Å². The van der Waals surface area contributed by atoms with E-state index in [4.69, 9.17) is 0 Å². The Bertz CT molecular complexity index is 223. The molecule has 0 saturated heterocycles. The summed E-state index contributed by atoms with van der Waals surface area (Å²) in [5.41, 5.74) is 0. The van der Waals surface area contributed by atoms with E-state index in [0.29, 0.717) is 0 Å². The molecule has 5 nitrogen and oxygen atoms in total. The van der Waals surface area contributed by atoms with Gasteiger partial charge in [-0.1, -0.05) is 4.89 Å². The number of nitrogens with one attached hydrogen (secondary N) is 2. The normalized spacial score (nSPS) is 13.3. The third kappa shape index (κ3) is 6.34. The van der Waals surface area contributed by atoms with E-state index in [1.54, 1.807) is 4.72 Å². The van der Waals surface area contributed by atoms with Crippen molar-refractivity contribution in [3.05, 3.63) is 0 Å². The first kappa shape index (κ1) is 11.6. The average Bonchev–Trinajstić information content (AvgIpc) is 1.84. The molecule has 0 saturated carbocycles. The maximum Gasteiger partial charge on any atom is 0.413 e. The molecule has 0 aromatic heterocycles. The molecule has 0 radical (unpaired) electrons. The SMILES string of the molecule is CNS(=O)(=O)NOCC(F)(F)F. The van der Waals surface area contributed by atoms with E-state index < -0.39 is 23.0 Å². The van der Waals surface area contributed by atoms with Gasteiger partial charge in [-0.15, -0.1) is 0 Å². The van der Waals surface area contributed by atoms with Gasteiger partial charge < -0.3 is 0 Å². The van der Waals surface area contributed by atoms with Gasteiger partial charge in [0.25, 0.3) is 10.2 Å². The second-order valence-electron chi connectivity index (χ2n) is 1.69. The molecular weight excluding hydrogens is 201 g/mol. The Kier molecular flexibility index (Phi) is 3.90. The fourth-order valence-corrected chi connectivity index (χ4v) is 0.528. The van der Waals surface area contributed by atoms with Crippen LogP contribution in [0, 0.1) is 0 Å². The average molecular weight is 208 g/mol. The summed E-state index contributed by atoms with van der Waals surface area (Å²) in [6.07, 6.45) is -4.56. The van der Waals surface area contributed by atoms with Gasteiger partial charge in [0.2, 0.25) is 0 Å². The summed E-state index contributed by atoms with van der Waals surface area (Å²) in [6.45, 7) is -1.67. The summed E-state index contributed by atoms with van der Waals surface area (Å²) in [6, 6.07) is 0. The Morgan fingerprint density at radius 3 is 2.25 bits per heavy atom. The van der Waals surface area contributed by atoms with E-state index in [2.05, 4.69) is 4.84 Å². The quantitative estimate of drug-likeness (QED) is 0.614. The van der Waals surface area contributed by atoms with Gasteiger partial charge >= 0.3 is 6.18 Å². The lowest BCUT2D eigenvalue weighted by atomic mass is 10.7. The Morgan fingerprint density at radius 2 is 1.92 bits per heavy atom. The molecule has 2 N–H and O–H groups in total. The van der Waals surface area contributed by atoms with E-state index in [9.17, 15) is 21.6 Å². The maximum atomic E-state index is 11.4. The first-order chi connectivity index (χ1) is 5.27. The van der Waals surface area contributed by atoms with Crippen LogP contribution in [0.1, 0.15) is 0 Å². The molecule has 0 bridgehead atoms. The van der Waals surface area contributed by atoms with Crippen molar-refractivity contribution >= 4 is 10.2 Å². The van der Waals surface area contributed by atoms with Crippen LogP contribution in [-0.2, 0) is 15.0 Å². The summed E-state index contributed by atoms with van der Waals surface area (Å²) in [4.78, 5) is 4.83. The van der Waals surface area contributed by atoms with Crippen LogP contribution >= 0.6 is 0 Å². The van der Waals surface area contributed by atoms with E-state index in [1.165, 1.54) is 4.89 Å². The first-order valence-corrected chi connectivity index (χ1v) is 4.14. The second-order valence-corrected chi connectivity index (χ2v) is 3.28. The number of hydrogen-bond acceptors (Lipinski definition) is 3. The highest BCUT2D eigenvalue weighted by Crippen LogP contribution is 2.13. The molecule has 0 aliphatic heterocycles. The summed E-state index contributed by atoms with van der Waals surface area (Å²) in [5, 5.41) is 0. The number of alkyl halides is 3. The Morgan fingerprint density at radius 1 is 1.42 bits per heavy atom. The number of hydrogen-bond donors (Lipinski definition) is 2. The Balaban J connectivity index is 3.73. The van der Waals surface area contributed by atoms with Crippen LogP contribution in [0.2, 0.25) is 0 Å². The Hall–Kier alpha value is -0.380. The number of halogens is 3. The predicted molar refractivity (Wildman–Crippen MR) is 33.1 cm³/mol. The fraction of sp³-hybridized carbons (Fsp3) is 1.00. The van der Waals surface area contributed by atoms with E-state index in [0.717, 1.165) is 7.05 Å².